The summed E-state index contributed by atoms with van der Waals surface area (Å²) >= 11 is 0. The van der Waals surface area contributed by atoms with Gasteiger partial charge < -0.3 is 19.9 Å². The monoisotopic (exact) mass is 541 g/mol. The molecule has 1 saturated heterocycles. The van der Waals surface area contributed by atoms with Gasteiger partial charge in [0.25, 0.3) is 0 Å². The van der Waals surface area contributed by atoms with Crippen molar-refractivity contribution in [3.8, 4) is 0 Å². The van der Waals surface area contributed by atoms with Crippen molar-refractivity contribution in [3.63, 3.8) is 0 Å². The van der Waals surface area contributed by atoms with E-state index >= 15 is 0 Å². The van der Waals surface area contributed by atoms with Crippen molar-refractivity contribution in [2.75, 3.05) is 6.61 Å². The van der Waals surface area contributed by atoms with Crippen LogP contribution in [0, 0.1) is 0 Å². The number of ether oxygens (including phenoxy) is 1. The highest BCUT2D eigenvalue weighted by Crippen LogP contribution is 2.32. The number of aromatic amines is 1. The van der Waals surface area contributed by atoms with Crippen LogP contribution in [0.25, 0.3) is 27.7 Å². The Labute approximate surface area is 215 Å². The van der Waals surface area contributed by atoms with Crippen LogP contribution in [0.15, 0.2) is 55.5 Å². The molecule has 15 heteroatoms. The first-order valence-corrected chi connectivity index (χ1v) is 13.1. The first-order valence-electron chi connectivity index (χ1n) is 11.7. The highest BCUT2D eigenvalue weighted by Gasteiger charge is 2.45. The molecule has 6 rings (SSSR count). The number of nitrogens with zero attached hydrogens (tertiary/aromatic N) is 5. The number of hydrogen-bond acceptors (Lipinski definition) is 10. The van der Waals surface area contributed by atoms with Gasteiger partial charge in [-0.15, -0.1) is 0 Å². The molecule has 1 aliphatic heterocycles. The molecule has 0 saturated carbocycles. The Kier molecular flexibility index (Phi) is 6.08. The van der Waals surface area contributed by atoms with Crippen LogP contribution in [-0.4, -0.2) is 78.4 Å². The molecule has 198 valence electrons. The number of fused-ring (bicyclic) bond motifs is 4. The first kappa shape index (κ1) is 24.4. The maximum absolute atomic E-state index is 12.3. The largest absolute Gasteiger partial charge is 0.387 e. The smallest absolute Gasteiger partial charge is 0.362 e. The third-order valence-corrected chi connectivity index (χ3v) is 7.41. The van der Waals surface area contributed by atoms with Crippen molar-refractivity contribution < 1.29 is 32.3 Å². The summed E-state index contributed by atoms with van der Waals surface area (Å²) in [5.74, 6) is -0.748. The van der Waals surface area contributed by atoms with Crippen molar-refractivity contribution in [3.05, 3.63) is 61.1 Å². The van der Waals surface area contributed by atoms with Crippen LogP contribution in [0.4, 0.5) is 0 Å². The van der Waals surface area contributed by atoms with E-state index in [-0.39, 0.29) is 6.42 Å². The SMILES string of the molecule is O=C(CCc1c[nH]c2ccccc12)NS(=O)(=O)OC[C@H]1O[C@@H](n2cnc3c2ncn2ccnc32)C(O)[C@H]1O. The maximum Gasteiger partial charge on any atom is 0.362 e. The average molecular weight is 542 g/mol. The van der Waals surface area contributed by atoms with Crippen molar-refractivity contribution >= 4 is 43.9 Å². The van der Waals surface area contributed by atoms with E-state index in [9.17, 15) is 23.4 Å². The highest BCUT2D eigenvalue weighted by atomic mass is 32.2. The lowest BCUT2D eigenvalue weighted by Crippen LogP contribution is -2.37. The summed E-state index contributed by atoms with van der Waals surface area (Å²) in [7, 11) is -4.49. The van der Waals surface area contributed by atoms with Crippen molar-refractivity contribution in [2.24, 2.45) is 0 Å². The lowest BCUT2D eigenvalue weighted by atomic mass is 10.1. The molecule has 1 aliphatic rings. The number of hydrogen-bond donors (Lipinski definition) is 4. The second kappa shape index (κ2) is 9.45. The minimum absolute atomic E-state index is 0.0850. The number of aromatic nitrogens is 6. The van der Waals surface area contributed by atoms with Gasteiger partial charge in [0.05, 0.1) is 12.9 Å². The lowest BCUT2D eigenvalue weighted by molar-refractivity contribution is -0.119. The predicted octanol–water partition coefficient (Wildman–Crippen LogP) is 0.190. The standard InChI is InChI=1S/C23H23N7O7S/c31-17(6-5-13-9-25-15-4-2-1-3-14(13)15)28-38(34,35)36-10-16-19(32)20(33)23(37-16)30-12-26-18-21-24-7-8-29(21)11-27-22(18)30/h1-4,7-9,11-12,16,19-20,23,25,32-33H,5-6,10H2,(H,28,31)/t16-,19+,20?,23-/m1/s1. The molecule has 0 aliphatic carbocycles. The normalized spacial score (nSPS) is 22.1. The fourth-order valence-corrected chi connectivity index (χ4v) is 5.35. The van der Waals surface area contributed by atoms with E-state index in [1.165, 1.54) is 17.2 Å². The zero-order valence-electron chi connectivity index (χ0n) is 19.7. The molecule has 4 atom stereocenters. The number of carbonyl (C=O) groups is 1. The van der Waals surface area contributed by atoms with E-state index in [4.69, 9.17) is 8.92 Å². The van der Waals surface area contributed by atoms with Crippen LogP contribution < -0.4 is 4.72 Å². The minimum atomic E-state index is -4.49. The van der Waals surface area contributed by atoms with Gasteiger partial charge in [0.1, 0.15) is 24.6 Å². The number of H-pyrrole nitrogens is 1. The molecule has 1 unspecified atom stereocenters. The third kappa shape index (κ3) is 4.39. The molecule has 5 heterocycles. The van der Waals surface area contributed by atoms with Crippen molar-refractivity contribution in [1.29, 1.82) is 0 Å². The van der Waals surface area contributed by atoms with Crippen LogP contribution in [-0.2, 0) is 30.4 Å². The number of aliphatic hydroxyl groups excluding tert-OH is 2. The molecule has 5 aromatic rings. The summed E-state index contributed by atoms with van der Waals surface area (Å²) in [6.45, 7) is -0.635. The van der Waals surface area contributed by atoms with Gasteiger partial charge in [-0.2, -0.15) is 8.42 Å². The van der Waals surface area contributed by atoms with Crippen LogP contribution in [0.1, 0.15) is 18.2 Å². The van der Waals surface area contributed by atoms with Gasteiger partial charge in [0.2, 0.25) is 5.91 Å². The molecule has 4 aromatic heterocycles. The Morgan fingerprint density at radius 2 is 1.97 bits per heavy atom. The number of nitrogens with one attached hydrogen (secondary N) is 2. The van der Waals surface area contributed by atoms with Gasteiger partial charge in [-0.25, -0.2) is 19.7 Å². The first-order chi connectivity index (χ1) is 18.3. The fourth-order valence-electron chi connectivity index (χ4n) is 4.59. The fraction of sp³-hybridized carbons (Fsp3) is 0.304. The molecule has 0 radical (unpaired) electrons. The minimum Gasteiger partial charge on any atom is -0.387 e. The van der Waals surface area contributed by atoms with Crippen LogP contribution in [0.5, 0.6) is 0 Å². The summed E-state index contributed by atoms with van der Waals surface area (Å²) < 4.78 is 40.3. The molecule has 1 fully saturated rings. The van der Waals surface area contributed by atoms with Crippen molar-refractivity contribution in [1.82, 2.24) is 33.6 Å². The summed E-state index contributed by atoms with van der Waals surface area (Å²) in [5.41, 5.74) is 3.17. The molecule has 1 aromatic carbocycles. The molecule has 14 nitrogen and oxygen atoms in total. The van der Waals surface area contributed by atoms with E-state index in [2.05, 4.69) is 19.9 Å². The van der Waals surface area contributed by atoms with Gasteiger partial charge in [0.15, 0.2) is 23.0 Å². The maximum atomic E-state index is 12.3. The van der Waals surface area contributed by atoms with Crippen LogP contribution in [0.3, 0.4) is 0 Å². The summed E-state index contributed by atoms with van der Waals surface area (Å²) in [6, 6.07) is 7.58. The van der Waals surface area contributed by atoms with Gasteiger partial charge in [-0.3, -0.25) is 17.9 Å². The predicted molar refractivity (Wildman–Crippen MR) is 132 cm³/mol. The number of carbonyl (C=O) groups excluding carboxylic acids is 1. The van der Waals surface area contributed by atoms with Gasteiger partial charge in [-0.1, -0.05) is 18.2 Å². The lowest BCUT2D eigenvalue weighted by Gasteiger charge is -2.16. The number of para-hydroxylation sites is 1. The van der Waals surface area contributed by atoms with E-state index in [0.29, 0.717) is 23.2 Å². The molecular formula is C23H23N7O7S. The van der Waals surface area contributed by atoms with Crippen LogP contribution >= 0.6 is 0 Å². The molecule has 38 heavy (non-hydrogen) atoms. The summed E-state index contributed by atoms with van der Waals surface area (Å²) in [6.07, 6.45) is 3.01. The third-order valence-electron chi connectivity index (χ3n) is 6.49. The Balaban J connectivity index is 1.07. The number of amides is 1. The Morgan fingerprint density at radius 1 is 1.13 bits per heavy atom. The average Bonchev–Trinajstić information content (AvgIpc) is 3.67. The highest BCUT2D eigenvalue weighted by molar-refractivity contribution is 7.85. The molecule has 0 spiro atoms. The Hall–Kier alpha value is -3.89. The molecule has 4 N–H and O–H groups in total. The second-order valence-electron chi connectivity index (χ2n) is 8.90. The Bertz CT molecular complexity index is 1740. The molecule has 1 amide bonds. The Morgan fingerprint density at radius 3 is 2.84 bits per heavy atom. The van der Waals surface area contributed by atoms with E-state index < -0.39 is 47.4 Å². The number of benzene rings is 1. The van der Waals surface area contributed by atoms with Gasteiger partial charge in [-0.05, 0) is 18.1 Å². The zero-order chi connectivity index (χ0) is 26.4. The van der Waals surface area contributed by atoms with Gasteiger partial charge >= 0.3 is 10.3 Å². The number of aliphatic hydroxyl groups is 2. The van der Waals surface area contributed by atoms with E-state index in [0.717, 1.165) is 16.5 Å². The molecular weight excluding hydrogens is 518 g/mol. The number of aryl methyl sites for hydroxylation is 1. The van der Waals surface area contributed by atoms with E-state index in [1.807, 2.05) is 29.0 Å². The topological polar surface area (TPSA) is 186 Å². The number of imidazole rings is 2. The quantitative estimate of drug-likeness (QED) is 0.211. The van der Waals surface area contributed by atoms with Crippen molar-refractivity contribution in [2.45, 2.75) is 37.4 Å². The number of rotatable bonds is 8. The summed E-state index contributed by atoms with van der Waals surface area (Å²) in [4.78, 5) is 28.2. The van der Waals surface area contributed by atoms with Crippen LogP contribution in [0.2, 0.25) is 0 Å². The molecule has 0 bridgehead atoms. The second-order valence-corrected chi connectivity index (χ2v) is 10.2. The van der Waals surface area contributed by atoms with E-state index in [1.54, 1.807) is 23.0 Å². The zero-order valence-corrected chi connectivity index (χ0v) is 20.5. The van der Waals surface area contributed by atoms with Gasteiger partial charge in [0, 0.05) is 35.9 Å². The summed E-state index contributed by atoms with van der Waals surface area (Å²) in [5, 5.41) is 22.0.